The van der Waals surface area contributed by atoms with E-state index in [4.69, 9.17) is 11.6 Å². The van der Waals surface area contributed by atoms with Crippen LogP contribution in [0.25, 0.3) is 0 Å². The fourth-order valence-corrected chi connectivity index (χ4v) is 3.26. The van der Waals surface area contributed by atoms with E-state index in [1.165, 1.54) is 0 Å². The molecule has 0 aromatic heterocycles. The Kier molecular flexibility index (Phi) is 2.92. The summed E-state index contributed by atoms with van der Waals surface area (Å²) in [6.07, 6.45) is 0.955. The van der Waals surface area contributed by atoms with Crippen molar-refractivity contribution in [1.82, 2.24) is 5.32 Å². The van der Waals surface area contributed by atoms with E-state index in [1.807, 2.05) is 6.07 Å². The first-order chi connectivity index (χ1) is 8.66. The zero-order chi connectivity index (χ0) is 12.7. The molecular formula is C13H15ClN2O2. The van der Waals surface area contributed by atoms with E-state index in [9.17, 15) is 9.90 Å². The molecule has 0 spiro atoms. The highest BCUT2D eigenvalue weighted by Crippen LogP contribution is 2.41. The van der Waals surface area contributed by atoms with E-state index < -0.39 is 11.9 Å². The van der Waals surface area contributed by atoms with Gasteiger partial charge in [0.05, 0.1) is 5.92 Å². The molecule has 3 N–H and O–H groups in total. The average Bonchev–Trinajstić information content (AvgIpc) is 2.35. The Labute approximate surface area is 110 Å². The number of anilines is 1. The molecule has 1 saturated heterocycles. The number of aliphatic carboxylic acids is 1. The highest BCUT2D eigenvalue weighted by Gasteiger charge is 2.41. The lowest BCUT2D eigenvalue weighted by atomic mass is 9.75. The lowest BCUT2D eigenvalue weighted by molar-refractivity contribution is -0.140. The zero-order valence-corrected chi connectivity index (χ0v) is 10.6. The summed E-state index contributed by atoms with van der Waals surface area (Å²) in [5.41, 5.74) is 1.72. The van der Waals surface area contributed by atoms with Gasteiger partial charge in [-0.15, -0.1) is 0 Å². The number of hydrogen-bond acceptors (Lipinski definition) is 3. The van der Waals surface area contributed by atoms with Crippen molar-refractivity contribution in [2.45, 2.75) is 18.4 Å². The van der Waals surface area contributed by atoms with Crippen molar-refractivity contribution in [3.63, 3.8) is 0 Å². The second kappa shape index (κ2) is 4.44. The van der Waals surface area contributed by atoms with Gasteiger partial charge in [0, 0.05) is 29.2 Å². The van der Waals surface area contributed by atoms with Gasteiger partial charge in [-0.25, -0.2) is 0 Å². The van der Waals surface area contributed by atoms with Crippen molar-refractivity contribution in [3.8, 4) is 0 Å². The van der Waals surface area contributed by atoms with Crippen LogP contribution >= 0.6 is 11.6 Å². The summed E-state index contributed by atoms with van der Waals surface area (Å²) < 4.78 is 0. The fourth-order valence-electron chi connectivity index (χ4n) is 3.08. The molecule has 2 aliphatic rings. The molecule has 2 aliphatic heterocycles. The van der Waals surface area contributed by atoms with Gasteiger partial charge in [0.1, 0.15) is 0 Å². The number of carbonyl (C=O) groups is 1. The van der Waals surface area contributed by atoms with Crippen LogP contribution in [-0.2, 0) is 4.79 Å². The lowest BCUT2D eigenvalue weighted by Crippen LogP contribution is -2.50. The Balaban J connectivity index is 2.07. The molecule has 0 amide bonds. The van der Waals surface area contributed by atoms with Crippen LogP contribution < -0.4 is 10.6 Å². The zero-order valence-electron chi connectivity index (χ0n) is 9.82. The third-order valence-electron chi connectivity index (χ3n) is 3.91. The van der Waals surface area contributed by atoms with Gasteiger partial charge in [-0.05, 0) is 36.7 Å². The molecule has 2 heterocycles. The molecule has 4 nitrogen and oxygen atoms in total. The molecule has 5 heteroatoms. The molecule has 18 heavy (non-hydrogen) atoms. The minimum Gasteiger partial charge on any atom is -0.481 e. The minimum atomic E-state index is -0.765. The van der Waals surface area contributed by atoms with Crippen LogP contribution in [-0.4, -0.2) is 30.2 Å². The van der Waals surface area contributed by atoms with E-state index in [0.29, 0.717) is 5.02 Å². The van der Waals surface area contributed by atoms with Gasteiger partial charge >= 0.3 is 5.97 Å². The van der Waals surface area contributed by atoms with Crippen molar-refractivity contribution in [3.05, 3.63) is 28.8 Å². The second-order valence-corrected chi connectivity index (χ2v) is 5.39. The lowest BCUT2D eigenvalue weighted by Gasteiger charge is -2.42. The SMILES string of the molecule is O=C(O)C1c2cc(Cl)ccc2NC2CCNCC21. The summed E-state index contributed by atoms with van der Waals surface area (Å²) in [6.45, 7) is 1.67. The van der Waals surface area contributed by atoms with E-state index in [-0.39, 0.29) is 12.0 Å². The topological polar surface area (TPSA) is 61.4 Å². The Bertz CT molecular complexity index is 492. The van der Waals surface area contributed by atoms with Crippen molar-refractivity contribution in [2.24, 2.45) is 5.92 Å². The molecule has 96 valence electrons. The van der Waals surface area contributed by atoms with Gasteiger partial charge in [0.25, 0.3) is 0 Å². The van der Waals surface area contributed by atoms with Crippen LogP contribution in [0.4, 0.5) is 5.69 Å². The van der Waals surface area contributed by atoms with Gasteiger partial charge in [-0.3, -0.25) is 4.79 Å². The van der Waals surface area contributed by atoms with E-state index in [2.05, 4.69) is 10.6 Å². The molecule has 0 bridgehead atoms. The van der Waals surface area contributed by atoms with E-state index in [0.717, 1.165) is 30.8 Å². The highest BCUT2D eigenvalue weighted by atomic mass is 35.5. The number of fused-ring (bicyclic) bond motifs is 2. The van der Waals surface area contributed by atoms with Crippen LogP contribution in [0.3, 0.4) is 0 Å². The molecule has 1 aromatic carbocycles. The van der Waals surface area contributed by atoms with Crippen molar-refractivity contribution in [1.29, 1.82) is 0 Å². The summed E-state index contributed by atoms with van der Waals surface area (Å²) in [7, 11) is 0. The Hall–Kier alpha value is -1.26. The van der Waals surface area contributed by atoms with Crippen molar-refractivity contribution in [2.75, 3.05) is 18.4 Å². The van der Waals surface area contributed by atoms with Gasteiger partial charge < -0.3 is 15.7 Å². The number of piperidine rings is 1. The van der Waals surface area contributed by atoms with E-state index >= 15 is 0 Å². The second-order valence-electron chi connectivity index (χ2n) is 4.95. The van der Waals surface area contributed by atoms with Crippen LogP contribution in [0.2, 0.25) is 5.02 Å². The highest BCUT2D eigenvalue weighted by molar-refractivity contribution is 6.30. The standard InChI is InChI=1S/C13H15ClN2O2/c14-7-1-2-10-8(5-7)12(13(17)18)9-6-15-4-3-11(9)16-10/h1-2,5,9,11-12,15-16H,3-4,6H2,(H,17,18). The number of hydrogen-bond donors (Lipinski definition) is 3. The number of halogens is 1. The third kappa shape index (κ3) is 1.85. The summed E-state index contributed by atoms with van der Waals surface area (Å²) in [6, 6.07) is 5.69. The summed E-state index contributed by atoms with van der Waals surface area (Å²) in [5, 5.41) is 16.8. The largest absolute Gasteiger partial charge is 0.481 e. The number of carboxylic acid groups (broad SMARTS) is 1. The first-order valence-corrected chi connectivity index (χ1v) is 6.54. The van der Waals surface area contributed by atoms with Gasteiger partial charge in [-0.2, -0.15) is 0 Å². The third-order valence-corrected chi connectivity index (χ3v) is 4.15. The molecule has 3 rings (SSSR count). The molecule has 0 aliphatic carbocycles. The summed E-state index contributed by atoms with van der Waals surface area (Å²) in [5.74, 6) is -1.15. The molecule has 1 aromatic rings. The Morgan fingerprint density at radius 2 is 2.28 bits per heavy atom. The van der Waals surface area contributed by atoms with Crippen molar-refractivity contribution < 1.29 is 9.90 Å². The predicted octanol–water partition coefficient (Wildman–Crippen LogP) is 1.91. The first-order valence-electron chi connectivity index (χ1n) is 6.16. The van der Waals surface area contributed by atoms with Crippen molar-refractivity contribution >= 4 is 23.3 Å². The quantitative estimate of drug-likeness (QED) is 0.727. The maximum Gasteiger partial charge on any atom is 0.311 e. The smallest absolute Gasteiger partial charge is 0.311 e. The number of rotatable bonds is 1. The molecule has 0 radical (unpaired) electrons. The average molecular weight is 267 g/mol. The monoisotopic (exact) mass is 266 g/mol. The predicted molar refractivity (Wildman–Crippen MR) is 70.2 cm³/mol. The fraction of sp³-hybridized carbons (Fsp3) is 0.462. The number of benzene rings is 1. The van der Waals surface area contributed by atoms with Gasteiger partial charge in [0.2, 0.25) is 0 Å². The summed E-state index contributed by atoms with van der Waals surface area (Å²) in [4.78, 5) is 11.6. The van der Waals surface area contributed by atoms with Crippen LogP contribution in [0.15, 0.2) is 18.2 Å². The maximum absolute atomic E-state index is 11.6. The molecular weight excluding hydrogens is 252 g/mol. The molecule has 3 atom stereocenters. The minimum absolute atomic E-state index is 0.0854. The van der Waals surface area contributed by atoms with Crippen LogP contribution in [0.5, 0.6) is 0 Å². The molecule has 0 saturated carbocycles. The first kappa shape index (κ1) is 11.8. The Morgan fingerprint density at radius 1 is 1.44 bits per heavy atom. The summed E-state index contributed by atoms with van der Waals surface area (Å²) >= 11 is 5.99. The number of carboxylic acids is 1. The maximum atomic E-state index is 11.6. The van der Waals surface area contributed by atoms with Crippen LogP contribution in [0.1, 0.15) is 17.9 Å². The molecule has 3 unspecified atom stereocenters. The number of nitrogens with one attached hydrogen (secondary N) is 2. The van der Waals surface area contributed by atoms with E-state index in [1.54, 1.807) is 12.1 Å². The Morgan fingerprint density at radius 3 is 3.06 bits per heavy atom. The van der Waals surface area contributed by atoms with Gasteiger partial charge in [-0.1, -0.05) is 11.6 Å². The van der Waals surface area contributed by atoms with Crippen LogP contribution in [0, 0.1) is 5.92 Å². The molecule has 1 fully saturated rings. The van der Waals surface area contributed by atoms with Gasteiger partial charge in [0.15, 0.2) is 0 Å². The normalized spacial score (nSPS) is 29.9.